The lowest BCUT2D eigenvalue weighted by atomic mass is 9.69. The fourth-order valence-electron chi connectivity index (χ4n) is 9.45. The van der Waals surface area contributed by atoms with Crippen molar-refractivity contribution in [2.24, 2.45) is 23.2 Å². The van der Waals surface area contributed by atoms with Gasteiger partial charge in [-0.2, -0.15) is 18.4 Å². The molecule has 250 valence electrons. The van der Waals surface area contributed by atoms with Gasteiger partial charge in [-0.25, -0.2) is 4.79 Å². The topological polar surface area (TPSA) is 82.4 Å². The van der Waals surface area contributed by atoms with E-state index in [0.717, 1.165) is 48.8 Å². The van der Waals surface area contributed by atoms with Gasteiger partial charge in [-0.3, -0.25) is 10.1 Å². The Kier molecular flexibility index (Phi) is 8.57. The molecular formula is C39H40F3N3O3. The van der Waals surface area contributed by atoms with E-state index in [1.165, 1.54) is 0 Å². The van der Waals surface area contributed by atoms with Crippen molar-refractivity contribution in [3.63, 3.8) is 0 Å². The van der Waals surface area contributed by atoms with Gasteiger partial charge in [0, 0.05) is 6.04 Å². The maximum atomic E-state index is 15.3. The Bertz CT molecular complexity index is 1560. The lowest BCUT2D eigenvalue weighted by molar-refractivity contribution is -0.200. The Balaban J connectivity index is 1.33. The summed E-state index contributed by atoms with van der Waals surface area (Å²) >= 11 is 0. The minimum absolute atomic E-state index is 0.00738. The molecule has 4 fully saturated rings. The van der Waals surface area contributed by atoms with E-state index in [-0.39, 0.29) is 30.4 Å². The molecule has 48 heavy (non-hydrogen) atoms. The average Bonchev–Trinajstić information content (AvgIpc) is 3.39. The molecule has 0 spiro atoms. The number of amides is 1. The Labute approximate surface area is 279 Å². The highest BCUT2D eigenvalue weighted by Crippen LogP contribution is 2.61. The first-order chi connectivity index (χ1) is 23.2. The van der Waals surface area contributed by atoms with Crippen molar-refractivity contribution in [3.8, 4) is 6.07 Å². The molecule has 7 atom stereocenters. The summed E-state index contributed by atoms with van der Waals surface area (Å²) in [5.74, 6) is -1.74. The van der Waals surface area contributed by atoms with Crippen molar-refractivity contribution < 1.29 is 27.5 Å². The van der Waals surface area contributed by atoms with Crippen LogP contribution in [0.2, 0.25) is 0 Å². The van der Waals surface area contributed by atoms with Gasteiger partial charge in [0.25, 0.3) is 0 Å². The monoisotopic (exact) mass is 655 g/mol. The van der Waals surface area contributed by atoms with Crippen LogP contribution in [0.15, 0.2) is 91.0 Å². The molecule has 3 unspecified atom stereocenters. The number of hydrogen-bond acceptors (Lipinski definition) is 5. The Morgan fingerprint density at radius 2 is 1.50 bits per heavy atom. The number of carbonyl (C=O) groups is 2. The smallest absolute Gasteiger partial charge is 0.459 e. The zero-order chi connectivity index (χ0) is 33.5. The summed E-state index contributed by atoms with van der Waals surface area (Å²) in [5, 5.41) is 14.2. The molecule has 3 aromatic rings. The number of hydrogen-bond donors (Lipinski definition) is 1. The van der Waals surface area contributed by atoms with Crippen molar-refractivity contribution in [3.05, 3.63) is 108 Å². The third-order valence-electron chi connectivity index (χ3n) is 11.6. The van der Waals surface area contributed by atoms with E-state index in [9.17, 15) is 23.2 Å². The number of rotatable bonds is 10. The molecule has 6 nitrogen and oxygen atoms in total. The second kappa shape index (κ2) is 12.7. The van der Waals surface area contributed by atoms with Crippen molar-refractivity contribution >= 4 is 11.9 Å². The van der Waals surface area contributed by atoms with Gasteiger partial charge in [0.05, 0.1) is 24.3 Å². The Hall–Kier alpha value is -4.16. The van der Waals surface area contributed by atoms with Crippen LogP contribution in [0.1, 0.15) is 68.1 Å². The number of nitrogens with one attached hydrogen (secondary N) is 1. The summed E-state index contributed by atoms with van der Waals surface area (Å²) in [6, 6.07) is 31.7. The molecule has 3 aliphatic carbocycles. The molecule has 3 aromatic carbocycles. The van der Waals surface area contributed by atoms with Gasteiger partial charge in [-0.15, -0.1) is 0 Å². The maximum absolute atomic E-state index is 15.3. The molecule has 0 aromatic heterocycles. The standard InChI is InChI=1S/C39H40F3N3O3/c40-39(41,42)36(47)48-20-18-26-21-31-17-10-19-37(31,24-26)34(35(46)45-32(25-43)22-27-23-33(27)45)44-38(28-11-4-1-5-12-28,29-13-6-2-7-14-29)30-15-8-3-9-16-30/h1-9,11-16,26-27,31-34,44H,10,17-24H2/t26?,27-,31?,32+,33+,34-,37?/m1/s1. The number of esters is 1. The first kappa shape index (κ1) is 32.4. The molecule has 1 heterocycles. The van der Waals surface area contributed by atoms with E-state index in [2.05, 4.69) is 52.5 Å². The van der Waals surface area contributed by atoms with Crippen molar-refractivity contribution in [1.29, 1.82) is 5.26 Å². The predicted molar refractivity (Wildman–Crippen MR) is 173 cm³/mol. The van der Waals surface area contributed by atoms with E-state index in [1.54, 1.807) is 0 Å². The van der Waals surface area contributed by atoms with E-state index in [1.807, 2.05) is 59.5 Å². The SMILES string of the molecule is N#C[C@@H]1C[C@@H]2C[C@@H]2N1C(=O)[C@@H](NC(c1ccccc1)(c1ccccc1)c1ccccc1)C12CCCC1CC(CCOC(=O)C(F)(F)F)C2. The first-order valence-corrected chi connectivity index (χ1v) is 17.1. The molecule has 1 aliphatic heterocycles. The number of carbonyl (C=O) groups excluding carboxylic acids is 2. The molecule has 1 saturated heterocycles. The maximum Gasteiger partial charge on any atom is 0.490 e. The summed E-state index contributed by atoms with van der Waals surface area (Å²) < 4.78 is 43.2. The second-order valence-electron chi connectivity index (χ2n) is 14.2. The number of likely N-dealkylation sites (tertiary alicyclic amines) is 1. The first-order valence-electron chi connectivity index (χ1n) is 17.1. The third-order valence-corrected chi connectivity index (χ3v) is 11.6. The van der Waals surface area contributed by atoms with Crippen LogP contribution in [0.25, 0.3) is 0 Å². The molecule has 0 bridgehead atoms. The van der Waals surface area contributed by atoms with Gasteiger partial charge in [-0.1, -0.05) is 97.4 Å². The number of fused-ring (bicyclic) bond motifs is 2. The number of nitrogens with zero attached hydrogens (tertiary/aromatic N) is 2. The summed E-state index contributed by atoms with van der Waals surface area (Å²) in [4.78, 5) is 28.6. The molecule has 7 rings (SSSR count). The largest absolute Gasteiger partial charge is 0.490 e. The molecule has 0 radical (unpaired) electrons. The number of piperidine rings is 1. The van der Waals surface area contributed by atoms with Crippen LogP contribution in [0.5, 0.6) is 0 Å². The molecular weight excluding hydrogens is 615 g/mol. The molecule has 4 aliphatic rings. The van der Waals surface area contributed by atoms with E-state index in [0.29, 0.717) is 25.2 Å². The lowest BCUT2D eigenvalue weighted by Gasteiger charge is -2.47. The van der Waals surface area contributed by atoms with Crippen LogP contribution < -0.4 is 5.32 Å². The van der Waals surface area contributed by atoms with Crippen LogP contribution in [0, 0.1) is 34.5 Å². The second-order valence-corrected chi connectivity index (χ2v) is 14.2. The third kappa shape index (κ3) is 5.68. The van der Waals surface area contributed by atoms with Crippen molar-refractivity contribution in [2.45, 2.75) is 81.2 Å². The number of nitriles is 1. The number of alkyl halides is 3. The quantitative estimate of drug-likeness (QED) is 0.186. The molecule has 9 heteroatoms. The van der Waals surface area contributed by atoms with Crippen molar-refractivity contribution in [1.82, 2.24) is 10.2 Å². The van der Waals surface area contributed by atoms with E-state index in [4.69, 9.17) is 0 Å². The molecule has 1 N–H and O–H groups in total. The number of ether oxygens (including phenoxy) is 1. The van der Waals surface area contributed by atoms with Gasteiger partial charge in [-0.05, 0) is 84.8 Å². The average molecular weight is 656 g/mol. The minimum Gasteiger partial charge on any atom is -0.459 e. The van der Waals surface area contributed by atoms with Crippen LogP contribution >= 0.6 is 0 Å². The Morgan fingerprint density at radius 1 is 0.917 bits per heavy atom. The number of halogens is 3. The zero-order valence-electron chi connectivity index (χ0n) is 26.7. The summed E-state index contributed by atoms with van der Waals surface area (Å²) in [5.41, 5.74) is 1.50. The normalized spacial score (nSPS) is 28.3. The van der Waals surface area contributed by atoms with Gasteiger partial charge in [0.15, 0.2) is 0 Å². The van der Waals surface area contributed by atoms with Crippen LogP contribution in [0.3, 0.4) is 0 Å². The highest BCUT2D eigenvalue weighted by molar-refractivity contribution is 5.85. The van der Waals surface area contributed by atoms with E-state index < -0.39 is 35.2 Å². The predicted octanol–water partition coefficient (Wildman–Crippen LogP) is 7.14. The van der Waals surface area contributed by atoms with Gasteiger partial charge >= 0.3 is 12.1 Å². The fraction of sp³-hybridized carbons (Fsp3) is 0.462. The summed E-state index contributed by atoms with van der Waals surface area (Å²) in [6.45, 7) is -0.313. The van der Waals surface area contributed by atoms with Gasteiger partial charge < -0.3 is 9.64 Å². The highest BCUT2D eigenvalue weighted by atomic mass is 19.4. The molecule has 3 saturated carbocycles. The molecule has 1 amide bonds. The van der Waals surface area contributed by atoms with Gasteiger partial charge in [0.1, 0.15) is 6.04 Å². The van der Waals surface area contributed by atoms with Crippen LogP contribution in [0.4, 0.5) is 13.2 Å². The van der Waals surface area contributed by atoms with Gasteiger partial charge in [0.2, 0.25) is 5.91 Å². The summed E-state index contributed by atoms with van der Waals surface area (Å²) in [7, 11) is 0. The lowest BCUT2D eigenvalue weighted by Crippen LogP contribution is -2.63. The Morgan fingerprint density at radius 3 is 2.04 bits per heavy atom. The van der Waals surface area contributed by atoms with E-state index >= 15 is 4.79 Å². The fourth-order valence-corrected chi connectivity index (χ4v) is 9.45. The minimum atomic E-state index is -5.03. The van der Waals surface area contributed by atoms with Crippen molar-refractivity contribution in [2.75, 3.05) is 6.61 Å². The summed E-state index contributed by atoms with van der Waals surface area (Å²) in [6.07, 6.45) is 0.868. The zero-order valence-corrected chi connectivity index (χ0v) is 26.7. The highest BCUT2D eigenvalue weighted by Gasteiger charge is 2.62. The van der Waals surface area contributed by atoms with Crippen LogP contribution in [-0.4, -0.2) is 47.7 Å². The number of benzene rings is 3. The van der Waals surface area contributed by atoms with Crippen LogP contribution in [-0.2, 0) is 19.9 Å².